The van der Waals surface area contributed by atoms with Gasteiger partial charge in [-0.25, -0.2) is 0 Å². The van der Waals surface area contributed by atoms with Crippen LogP contribution in [0.25, 0.3) is 0 Å². The lowest BCUT2D eigenvalue weighted by Crippen LogP contribution is -2.30. The van der Waals surface area contributed by atoms with Gasteiger partial charge in [0.1, 0.15) is 0 Å². The predicted molar refractivity (Wildman–Crippen MR) is 64.7 cm³/mol. The van der Waals surface area contributed by atoms with Crippen molar-refractivity contribution in [3.63, 3.8) is 0 Å². The number of rotatable bonds is 4. The zero-order valence-corrected chi connectivity index (χ0v) is 9.80. The maximum absolute atomic E-state index is 11.5. The number of carbonyl (C=O) groups excluding carboxylic acids is 1. The van der Waals surface area contributed by atoms with Gasteiger partial charge in [-0.15, -0.1) is 12.4 Å². The van der Waals surface area contributed by atoms with Crippen LogP contribution in [0, 0.1) is 11.3 Å². The molecule has 0 bridgehead atoms. The van der Waals surface area contributed by atoms with Crippen LogP contribution in [0.3, 0.4) is 0 Å². The summed E-state index contributed by atoms with van der Waals surface area (Å²) in [7, 11) is 1.83. The molecule has 0 heterocycles. The summed E-state index contributed by atoms with van der Waals surface area (Å²) in [5.74, 6) is -0.116. The molecule has 0 aliphatic rings. The van der Waals surface area contributed by atoms with Crippen LogP contribution in [-0.4, -0.2) is 26.0 Å². The Morgan fingerprint density at radius 1 is 1.31 bits per heavy atom. The van der Waals surface area contributed by atoms with Crippen molar-refractivity contribution in [2.24, 2.45) is 0 Å². The second-order valence-corrected chi connectivity index (χ2v) is 3.05. The Balaban J connectivity index is 0.00000225. The Labute approximate surface area is 101 Å². The molecule has 86 valence electrons. The van der Waals surface area contributed by atoms with Gasteiger partial charge in [-0.05, 0) is 31.3 Å². The van der Waals surface area contributed by atoms with Gasteiger partial charge in [0.05, 0.1) is 11.6 Å². The van der Waals surface area contributed by atoms with Crippen molar-refractivity contribution in [1.29, 1.82) is 5.26 Å². The molecule has 0 unspecified atom stereocenters. The first-order valence-electron chi connectivity index (χ1n) is 4.71. The van der Waals surface area contributed by atoms with E-state index in [0.29, 0.717) is 17.7 Å². The van der Waals surface area contributed by atoms with Crippen LogP contribution in [0.5, 0.6) is 0 Å². The summed E-state index contributed by atoms with van der Waals surface area (Å²) in [6.07, 6.45) is 0. The first-order chi connectivity index (χ1) is 7.27. The highest BCUT2D eigenvalue weighted by Gasteiger charge is 2.03. The Bertz CT molecular complexity index is 370. The summed E-state index contributed by atoms with van der Waals surface area (Å²) in [6, 6.07) is 8.56. The molecule has 0 radical (unpaired) electrons. The van der Waals surface area contributed by atoms with Gasteiger partial charge in [-0.2, -0.15) is 5.26 Å². The van der Waals surface area contributed by atoms with E-state index in [9.17, 15) is 4.79 Å². The third-order valence-corrected chi connectivity index (χ3v) is 1.94. The Hall–Kier alpha value is -1.57. The quantitative estimate of drug-likeness (QED) is 0.769. The number of carbonyl (C=O) groups is 1. The summed E-state index contributed by atoms with van der Waals surface area (Å²) in [4.78, 5) is 11.5. The fraction of sp³-hybridized carbons (Fsp3) is 0.273. The number of likely N-dealkylation sites (N-methyl/N-ethyl adjacent to an activating group) is 1. The van der Waals surface area contributed by atoms with Crippen LogP contribution >= 0.6 is 12.4 Å². The van der Waals surface area contributed by atoms with Crippen LogP contribution < -0.4 is 10.6 Å². The molecule has 0 saturated heterocycles. The number of nitriles is 1. The van der Waals surface area contributed by atoms with E-state index in [2.05, 4.69) is 10.6 Å². The van der Waals surface area contributed by atoms with Crippen molar-refractivity contribution in [3.05, 3.63) is 35.4 Å². The number of amides is 1. The van der Waals surface area contributed by atoms with Crippen molar-refractivity contribution in [1.82, 2.24) is 10.6 Å². The van der Waals surface area contributed by atoms with Gasteiger partial charge in [0.2, 0.25) is 0 Å². The van der Waals surface area contributed by atoms with E-state index in [1.54, 1.807) is 24.3 Å². The third kappa shape index (κ3) is 4.30. The number of benzene rings is 1. The molecule has 4 nitrogen and oxygen atoms in total. The molecule has 1 aromatic carbocycles. The Morgan fingerprint density at radius 2 is 1.94 bits per heavy atom. The van der Waals surface area contributed by atoms with Crippen molar-refractivity contribution in [2.75, 3.05) is 20.1 Å². The molecule has 5 heteroatoms. The van der Waals surface area contributed by atoms with E-state index in [1.165, 1.54) is 0 Å². The SMILES string of the molecule is CNCCNC(=O)c1ccc(C#N)cc1.Cl. The highest BCUT2D eigenvalue weighted by Crippen LogP contribution is 2.02. The summed E-state index contributed by atoms with van der Waals surface area (Å²) < 4.78 is 0. The average molecular weight is 240 g/mol. The standard InChI is InChI=1S/C11H13N3O.ClH/c1-13-6-7-14-11(15)10-4-2-9(8-12)3-5-10;/h2-5,13H,6-7H2,1H3,(H,14,15);1H. The monoisotopic (exact) mass is 239 g/mol. The predicted octanol–water partition coefficient (Wildman–Crippen LogP) is 0.929. The van der Waals surface area contributed by atoms with Gasteiger partial charge < -0.3 is 10.6 Å². The molecule has 1 amide bonds. The van der Waals surface area contributed by atoms with Gasteiger partial charge >= 0.3 is 0 Å². The van der Waals surface area contributed by atoms with Crippen LogP contribution in [0.15, 0.2) is 24.3 Å². The number of nitrogens with zero attached hydrogens (tertiary/aromatic N) is 1. The first kappa shape index (κ1) is 14.4. The molecule has 0 fully saturated rings. The highest BCUT2D eigenvalue weighted by atomic mass is 35.5. The average Bonchev–Trinajstić information content (AvgIpc) is 2.29. The lowest BCUT2D eigenvalue weighted by atomic mass is 10.1. The van der Waals surface area contributed by atoms with E-state index in [4.69, 9.17) is 5.26 Å². The molecule has 0 aromatic heterocycles. The van der Waals surface area contributed by atoms with Crippen LogP contribution in [0.4, 0.5) is 0 Å². The summed E-state index contributed by atoms with van der Waals surface area (Å²) in [5, 5.41) is 14.3. The van der Waals surface area contributed by atoms with E-state index < -0.39 is 0 Å². The summed E-state index contributed by atoms with van der Waals surface area (Å²) in [5.41, 5.74) is 1.13. The lowest BCUT2D eigenvalue weighted by molar-refractivity contribution is 0.0954. The molecule has 16 heavy (non-hydrogen) atoms. The van der Waals surface area contributed by atoms with E-state index in [1.807, 2.05) is 13.1 Å². The molecule has 1 aromatic rings. The summed E-state index contributed by atoms with van der Waals surface area (Å²) in [6.45, 7) is 1.33. The molecule has 0 aliphatic carbocycles. The maximum Gasteiger partial charge on any atom is 0.251 e. The number of nitrogens with one attached hydrogen (secondary N) is 2. The molecular weight excluding hydrogens is 226 g/mol. The van der Waals surface area contributed by atoms with Crippen LogP contribution in [-0.2, 0) is 0 Å². The van der Waals surface area contributed by atoms with Gasteiger partial charge in [0.15, 0.2) is 0 Å². The number of hydrogen-bond donors (Lipinski definition) is 2. The number of hydrogen-bond acceptors (Lipinski definition) is 3. The van der Waals surface area contributed by atoms with Crippen molar-refractivity contribution in [3.8, 4) is 6.07 Å². The first-order valence-corrected chi connectivity index (χ1v) is 4.71. The van der Waals surface area contributed by atoms with Gasteiger partial charge in [-0.1, -0.05) is 0 Å². The second kappa shape index (κ2) is 7.69. The fourth-order valence-corrected chi connectivity index (χ4v) is 1.10. The van der Waals surface area contributed by atoms with Crippen LogP contribution in [0.2, 0.25) is 0 Å². The second-order valence-electron chi connectivity index (χ2n) is 3.05. The van der Waals surface area contributed by atoms with E-state index >= 15 is 0 Å². The molecule has 0 atom stereocenters. The van der Waals surface area contributed by atoms with Crippen molar-refractivity contribution >= 4 is 18.3 Å². The third-order valence-electron chi connectivity index (χ3n) is 1.94. The minimum Gasteiger partial charge on any atom is -0.351 e. The van der Waals surface area contributed by atoms with Gasteiger partial charge in [0, 0.05) is 18.7 Å². The number of halogens is 1. The zero-order chi connectivity index (χ0) is 11.1. The molecule has 1 rings (SSSR count). The van der Waals surface area contributed by atoms with Crippen LogP contribution in [0.1, 0.15) is 15.9 Å². The molecule has 2 N–H and O–H groups in total. The van der Waals surface area contributed by atoms with Crippen molar-refractivity contribution < 1.29 is 4.79 Å². The topological polar surface area (TPSA) is 64.9 Å². The maximum atomic E-state index is 11.5. The van der Waals surface area contributed by atoms with Gasteiger partial charge in [0.25, 0.3) is 5.91 Å². The normalized spacial score (nSPS) is 8.75. The molecule has 0 spiro atoms. The molecular formula is C11H14ClN3O. The van der Waals surface area contributed by atoms with Crippen molar-refractivity contribution in [2.45, 2.75) is 0 Å². The summed E-state index contributed by atoms with van der Waals surface area (Å²) >= 11 is 0. The smallest absolute Gasteiger partial charge is 0.251 e. The minimum absolute atomic E-state index is 0. The molecule has 0 aliphatic heterocycles. The Kier molecular flexibility index (Phi) is 6.93. The lowest BCUT2D eigenvalue weighted by Gasteiger charge is -2.04. The largest absolute Gasteiger partial charge is 0.351 e. The Morgan fingerprint density at radius 3 is 2.44 bits per heavy atom. The molecule has 0 saturated carbocycles. The minimum atomic E-state index is -0.116. The van der Waals surface area contributed by atoms with Gasteiger partial charge in [-0.3, -0.25) is 4.79 Å². The van der Waals surface area contributed by atoms with E-state index in [-0.39, 0.29) is 18.3 Å². The van der Waals surface area contributed by atoms with E-state index in [0.717, 1.165) is 6.54 Å². The fourth-order valence-electron chi connectivity index (χ4n) is 1.10. The highest BCUT2D eigenvalue weighted by molar-refractivity contribution is 5.94. The zero-order valence-electron chi connectivity index (χ0n) is 8.99.